The number of nitrogens with one attached hydrogen (secondary N) is 1. The van der Waals surface area contributed by atoms with Gasteiger partial charge < -0.3 is 5.32 Å². The topological polar surface area (TPSA) is 12.0 Å². The second-order valence-corrected chi connectivity index (χ2v) is 9.28. The molecule has 2 aromatic rings. The van der Waals surface area contributed by atoms with Gasteiger partial charge in [0.1, 0.15) is 0 Å². The van der Waals surface area contributed by atoms with E-state index in [1.807, 2.05) is 11.8 Å². The van der Waals surface area contributed by atoms with Gasteiger partial charge in [-0.2, -0.15) is 0 Å². The van der Waals surface area contributed by atoms with Gasteiger partial charge in [-0.05, 0) is 48.9 Å². The molecule has 2 aromatic carbocycles. The standard InChI is InChI=1S/C25H27NS/c1-17-9-7-13-20-21-14-8-16-23(25(21)27-24(17)20)26-22-15-6-5-12-19(22)18-10-3-2-4-11-18/h5-9,12-16,18,20,24,26H,2-4,10-11H2,1H3. The number of anilines is 2. The lowest BCUT2D eigenvalue weighted by Crippen LogP contribution is -2.11. The Bertz CT molecular complexity index is 904. The van der Waals surface area contributed by atoms with E-state index in [0.717, 1.165) is 0 Å². The molecule has 3 aliphatic rings. The predicted molar refractivity (Wildman–Crippen MR) is 117 cm³/mol. The molecule has 2 heteroatoms. The van der Waals surface area contributed by atoms with E-state index in [9.17, 15) is 0 Å². The van der Waals surface area contributed by atoms with Crippen molar-refractivity contribution in [1.82, 2.24) is 0 Å². The molecule has 138 valence electrons. The molecule has 1 heterocycles. The molecule has 0 spiro atoms. The first kappa shape index (κ1) is 17.2. The summed E-state index contributed by atoms with van der Waals surface area (Å²) >= 11 is 2.03. The fourth-order valence-corrected chi connectivity index (χ4v) is 6.43. The zero-order valence-corrected chi connectivity index (χ0v) is 16.8. The summed E-state index contributed by atoms with van der Waals surface area (Å²) in [5.74, 6) is 1.23. The van der Waals surface area contributed by atoms with Crippen LogP contribution in [0.4, 0.5) is 11.4 Å². The van der Waals surface area contributed by atoms with Gasteiger partial charge in [0.25, 0.3) is 0 Å². The second kappa shape index (κ2) is 7.24. The van der Waals surface area contributed by atoms with Crippen LogP contribution in [0.15, 0.2) is 71.2 Å². The van der Waals surface area contributed by atoms with Crippen LogP contribution in [0.25, 0.3) is 0 Å². The zero-order chi connectivity index (χ0) is 18.2. The molecule has 0 aromatic heterocycles. The van der Waals surface area contributed by atoms with Crippen molar-refractivity contribution >= 4 is 23.1 Å². The Morgan fingerprint density at radius 1 is 0.889 bits per heavy atom. The molecule has 1 fully saturated rings. The van der Waals surface area contributed by atoms with Gasteiger partial charge in [-0.3, -0.25) is 0 Å². The molecule has 0 radical (unpaired) electrons. The minimum Gasteiger partial charge on any atom is -0.354 e. The summed E-state index contributed by atoms with van der Waals surface area (Å²) in [6, 6.07) is 15.8. The lowest BCUT2D eigenvalue weighted by molar-refractivity contribution is 0.444. The maximum atomic E-state index is 3.83. The number of rotatable bonds is 3. The average Bonchev–Trinajstić information content (AvgIpc) is 3.11. The van der Waals surface area contributed by atoms with E-state index in [2.05, 4.69) is 72.9 Å². The van der Waals surface area contributed by atoms with Crippen LogP contribution in [0.1, 0.15) is 62.0 Å². The van der Waals surface area contributed by atoms with Gasteiger partial charge >= 0.3 is 0 Å². The van der Waals surface area contributed by atoms with Crippen molar-refractivity contribution in [2.75, 3.05) is 5.32 Å². The van der Waals surface area contributed by atoms with Gasteiger partial charge in [0.15, 0.2) is 0 Å². The number of benzene rings is 2. The number of hydrogen-bond donors (Lipinski definition) is 1. The highest BCUT2D eigenvalue weighted by atomic mass is 32.2. The van der Waals surface area contributed by atoms with Gasteiger partial charge in [-0.25, -0.2) is 0 Å². The van der Waals surface area contributed by atoms with Crippen LogP contribution < -0.4 is 5.32 Å². The molecule has 2 atom stereocenters. The fraction of sp³-hybridized carbons (Fsp3) is 0.360. The number of allylic oxidation sites excluding steroid dienone is 3. The zero-order valence-electron chi connectivity index (χ0n) is 15.9. The van der Waals surface area contributed by atoms with Crippen molar-refractivity contribution in [2.45, 2.75) is 61.0 Å². The first-order valence-corrected chi connectivity index (χ1v) is 11.2. The maximum Gasteiger partial charge on any atom is 0.0525 e. The van der Waals surface area contributed by atoms with E-state index in [1.165, 1.54) is 65.1 Å². The minimum absolute atomic E-state index is 0.519. The Kier molecular flexibility index (Phi) is 4.61. The predicted octanol–water partition coefficient (Wildman–Crippen LogP) is 7.55. The molecule has 2 aliphatic carbocycles. The maximum absolute atomic E-state index is 3.83. The minimum atomic E-state index is 0.519. The number of fused-ring (bicyclic) bond motifs is 3. The highest BCUT2D eigenvalue weighted by Crippen LogP contribution is 2.53. The molecule has 2 unspecified atom stereocenters. The van der Waals surface area contributed by atoms with Crippen LogP contribution in [0.5, 0.6) is 0 Å². The van der Waals surface area contributed by atoms with E-state index in [1.54, 1.807) is 0 Å². The smallest absolute Gasteiger partial charge is 0.0525 e. The van der Waals surface area contributed by atoms with Crippen molar-refractivity contribution < 1.29 is 0 Å². The monoisotopic (exact) mass is 373 g/mol. The van der Waals surface area contributed by atoms with Crippen molar-refractivity contribution in [3.05, 3.63) is 77.4 Å². The number of para-hydroxylation sites is 1. The third-order valence-corrected chi connectivity index (χ3v) is 7.99. The van der Waals surface area contributed by atoms with E-state index in [4.69, 9.17) is 0 Å². The Hall–Kier alpha value is -1.93. The van der Waals surface area contributed by atoms with Crippen LogP contribution >= 0.6 is 11.8 Å². The second-order valence-electron chi connectivity index (χ2n) is 8.13. The Labute approximate surface area is 167 Å². The molecule has 1 N–H and O–H groups in total. The largest absolute Gasteiger partial charge is 0.354 e. The lowest BCUT2D eigenvalue weighted by atomic mass is 9.83. The first-order chi connectivity index (χ1) is 13.3. The van der Waals surface area contributed by atoms with Crippen molar-refractivity contribution in [3.63, 3.8) is 0 Å². The third-order valence-electron chi connectivity index (χ3n) is 6.38. The first-order valence-electron chi connectivity index (χ1n) is 10.3. The van der Waals surface area contributed by atoms with Gasteiger partial charge in [-0.15, -0.1) is 11.8 Å². The van der Waals surface area contributed by atoms with Crippen molar-refractivity contribution in [1.29, 1.82) is 0 Å². The molecule has 1 saturated carbocycles. The van der Waals surface area contributed by atoms with Gasteiger partial charge in [0.2, 0.25) is 0 Å². The normalized spacial score (nSPS) is 24.3. The Morgan fingerprint density at radius 2 is 1.67 bits per heavy atom. The molecule has 1 nitrogen and oxygen atoms in total. The van der Waals surface area contributed by atoms with Crippen LogP contribution in [0, 0.1) is 0 Å². The molecular weight excluding hydrogens is 346 g/mol. The molecule has 5 rings (SSSR count). The molecule has 0 amide bonds. The summed E-state index contributed by atoms with van der Waals surface area (Å²) in [6.45, 7) is 2.27. The van der Waals surface area contributed by atoms with E-state index >= 15 is 0 Å². The summed E-state index contributed by atoms with van der Waals surface area (Å²) in [4.78, 5) is 1.44. The van der Waals surface area contributed by atoms with Gasteiger partial charge in [-0.1, -0.05) is 73.4 Å². The van der Waals surface area contributed by atoms with Crippen LogP contribution in [-0.4, -0.2) is 5.25 Å². The van der Waals surface area contributed by atoms with E-state index in [-0.39, 0.29) is 0 Å². The molecule has 27 heavy (non-hydrogen) atoms. The quantitative estimate of drug-likeness (QED) is 0.596. The van der Waals surface area contributed by atoms with Crippen LogP contribution in [-0.2, 0) is 0 Å². The van der Waals surface area contributed by atoms with Crippen molar-refractivity contribution in [2.24, 2.45) is 0 Å². The van der Waals surface area contributed by atoms with E-state index in [0.29, 0.717) is 17.1 Å². The molecule has 1 aliphatic heterocycles. The highest BCUT2D eigenvalue weighted by Gasteiger charge is 2.35. The summed E-state index contributed by atoms with van der Waals surface area (Å²) in [6.07, 6.45) is 13.7. The summed E-state index contributed by atoms with van der Waals surface area (Å²) in [5, 5.41) is 4.39. The summed E-state index contributed by atoms with van der Waals surface area (Å²) < 4.78 is 0. The van der Waals surface area contributed by atoms with Crippen LogP contribution in [0.2, 0.25) is 0 Å². The third kappa shape index (κ3) is 3.14. The number of thioether (sulfide) groups is 1. The lowest BCUT2D eigenvalue weighted by Gasteiger charge is -2.25. The fourth-order valence-electron chi connectivity index (χ4n) is 4.94. The van der Waals surface area contributed by atoms with Gasteiger partial charge in [0, 0.05) is 21.8 Å². The summed E-state index contributed by atoms with van der Waals surface area (Å²) in [7, 11) is 0. The average molecular weight is 374 g/mol. The summed E-state index contributed by atoms with van der Waals surface area (Å²) in [5.41, 5.74) is 7.05. The SMILES string of the molecule is CC1=CC=CC2c3cccc(Nc4ccccc4C4CCCCC4)c3SC12. The number of hydrogen-bond acceptors (Lipinski definition) is 2. The van der Waals surface area contributed by atoms with Crippen molar-refractivity contribution in [3.8, 4) is 0 Å². The van der Waals surface area contributed by atoms with Crippen LogP contribution in [0.3, 0.4) is 0 Å². The molecular formula is C25H27NS. The highest BCUT2D eigenvalue weighted by molar-refractivity contribution is 8.00. The Balaban J connectivity index is 1.48. The molecule has 0 bridgehead atoms. The molecule has 0 saturated heterocycles. The Morgan fingerprint density at radius 3 is 2.56 bits per heavy atom. The van der Waals surface area contributed by atoms with E-state index < -0.39 is 0 Å². The van der Waals surface area contributed by atoms with Gasteiger partial charge in [0.05, 0.1) is 5.69 Å².